The van der Waals surface area contributed by atoms with Crippen molar-refractivity contribution in [3.8, 4) is 0 Å². The van der Waals surface area contributed by atoms with Gasteiger partial charge in [-0.15, -0.1) is 0 Å². The number of nitrogens with zero attached hydrogens (tertiary/aromatic N) is 6. The SMILES string of the molecule is CNC(=O)c1cc2cnc(Nc3ccc(N4CCN(CC(F)(F)F)CC4)cn3)nc2n1C1CCCC1. The second-order valence-electron chi connectivity index (χ2n) is 9.29. The van der Waals surface area contributed by atoms with Crippen LogP contribution in [0.5, 0.6) is 0 Å². The van der Waals surface area contributed by atoms with E-state index < -0.39 is 12.7 Å². The van der Waals surface area contributed by atoms with Gasteiger partial charge in [-0.1, -0.05) is 12.8 Å². The molecule has 2 N–H and O–H groups in total. The lowest BCUT2D eigenvalue weighted by Gasteiger charge is -2.36. The Morgan fingerprint density at radius 1 is 1.08 bits per heavy atom. The van der Waals surface area contributed by atoms with Gasteiger partial charge >= 0.3 is 6.18 Å². The number of fused-ring (bicyclic) bond motifs is 1. The van der Waals surface area contributed by atoms with Crippen molar-refractivity contribution >= 4 is 34.4 Å². The summed E-state index contributed by atoms with van der Waals surface area (Å²) < 4.78 is 39.9. The predicted octanol–water partition coefficient (Wildman–Crippen LogP) is 3.73. The molecule has 0 spiro atoms. The third kappa shape index (κ3) is 5.23. The molecule has 192 valence electrons. The zero-order valence-electron chi connectivity index (χ0n) is 20.1. The number of piperazine rings is 1. The Labute approximate surface area is 206 Å². The molecule has 0 atom stereocenters. The van der Waals surface area contributed by atoms with Crippen molar-refractivity contribution < 1.29 is 18.0 Å². The van der Waals surface area contributed by atoms with Crippen molar-refractivity contribution in [3.05, 3.63) is 36.3 Å². The maximum Gasteiger partial charge on any atom is 0.401 e. The van der Waals surface area contributed by atoms with Crippen LogP contribution < -0.4 is 15.5 Å². The highest BCUT2D eigenvalue weighted by molar-refractivity contribution is 5.98. The van der Waals surface area contributed by atoms with E-state index in [4.69, 9.17) is 4.98 Å². The van der Waals surface area contributed by atoms with E-state index in [-0.39, 0.29) is 11.9 Å². The molecule has 12 heteroatoms. The van der Waals surface area contributed by atoms with Crippen LogP contribution in [0, 0.1) is 0 Å². The first-order valence-electron chi connectivity index (χ1n) is 12.2. The number of amides is 1. The molecule has 36 heavy (non-hydrogen) atoms. The van der Waals surface area contributed by atoms with E-state index in [0.29, 0.717) is 49.3 Å². The van der Waals surface area contributed by atoms with Crippen molar-refractivity contribution in [2.75, 3.05) is 50.0 Å². The minimum Gasteiger partial charge on any atom is -0.368 e. The molecule has 0 unspecified atom stereocenters. The van der Waals surface area contributed by atoms with Crippen LogP contribution >= 0.6 is 0 Å². The lowest BCUT2D eigenvalue weighted by atomic mass is 10.2. The minimum atomic E-state index is -4.18. The van der Waals surface area contributed by atoms with E-state index in [1.807, 2.05) is 21.6 Å². The Bertz CT molecular complexity index is 1210. The predicted molar refractivity (Wildman–Crippen MR) is 131 cm³/mol. The average molecular weight is 503 g/mol. The van der Waals surface area contributed by atoms with Crippen molar-refractivity contribution in [3.63, 3.8) is 0 Å². The number of rotatable bonds is 6. The summed E-state index contributed by atoms with van der Waals surface area (Å²) in [6.07, 6.45) is 3.50. The van der Waals surface area contributed by atoms with Gasteiger partial charge in [0, 0.05) is 50.9 Å². The van der Waals surface area contributed by atoms with E-state index in [2.05, 4.69) is 20.6 Å². The summed E-state index contributed by atoms with van der Waals surface area (Å²) >= 11 is 0. The highest BCUT2D eigenvalue weighted by Gasteiger charge is 2.32. The summed E-state index contributed by atoms with van der Waals surface area (Å²) in [4.78, 5) is 29.5. The fourth-order valence-corrected chi connectivity index (χ4v) is 5.08. The van der Waals surface area contributed by atoms with E-state index in [1.54, 1.807) is 25.5 Å². The number of carbonyl (C=O) groups excluding carboxylic acids is 1. The van der Waals surface area contributed by atoms with Gasteiger partial charge in [0.15, 0.2) is 0 Å². The van der Waals surface area contributed by atoms with E-state index >= 15 is 0 Å². The second kappa shape index (κ2) is 9.92. The Hall–Kier alpha value is -3.41. The van der Waals surface area contributed by atoms with Gasteiger partial charge in [-0.3, -0.25) is 9.69 Å². The van der Waals surface area contributed by atoms with Gasteiger partial charge in [-0.05, 0) is 31.0 Å². The second-order valence-corrected chi connectivity index (χ2v) is 9.29. The number of alkyl halides is 3. The maximum absolute atomic E-state index is 12.6. The summed E-state index contributed by atoms with van der Waals surface area (Å²) in [6.45, 7) is 0.853. The largest absolute Gasteiger partial charge is 0.401 e. The topological polar surface area (TPSA) is 91.2 Å². The highest BCUT2D eigenvalue weighted by atomic mass is 19.4. The number of pyridine rings is 1. The Morgan fingerprint density at radius 3 is 2.47 bits per heavy atom. The molecule has 3 aromatic heterocycles. The van der Waals surface area contributed by atoms with Gasteiger partial charge in [0.2, 0.25) is 5.95 Å². The van der Waals surface area contributed by atoms with Gasteiger partial charge in [-0.2, -0.15) is 18.2 Å². The number of anilines is 3. The fraction of sp³-hybridized carbons (Fsp3) is 0.500. The lowest BCUT2D eigenvalue weighted by Crippen LogP contribution is -2.49. The normalized spacial score (nSPS) is 17.6. The van der Waals surface area contributed by atoms with Gasteiger partial charge in [0.25, 0.3) is 5.91 Å². The third-order valence-electron chi connectivity index (χ3n) is 6.85. The first-order valence-corrected chi connectivity index (χ1v) is 12.2. The summed E-state index contributed by atoms with van der Waals surface area (Å²) in [5, 5.41) is 6.65. The van der Waals surface area contributed by atoms with E-state index in [0.717, 1.165) is 36.8 Å². The molecule has 2 aliphatic rings. The number of nitrogens with one attached hydrogen (secondary N) is 2. The van der Waals surface area contributed by atoms with Crippen molar-refractivity contribution in [2.24, 2.45) is 0 Å². The summed E-state index contributed by atoms with van der Waals surface area (Å²) in [6, 6.07) is 5.75. The molecule has 3 aromatic rings. The number of hydrogen-bond donors (Lipinski definition) is 2. The first-order chi connectivity index (χ1) is 17.3. The molecule has 1 saturated heterocycles. The average Bonchev–Trinajstić information content (AvgIpc) is 3.51. The molecule has 1 aliphatic heterocycles. The van der Waals surface area contributed by atoms with Gasteiger partial charge < -0.3 is 20.1 Å². The molecular formula is C24H29F3N8O. The third-order valence-corrected chi connectivity index (χ3v) is 6.85. The molecule has 0 radical (unpaired) electrons. The molecule has 1 aliphatic carbocycles. The first kappa shape index (κ1) is 24.3. The molecule has 1 saturated carbocycles. The zero-order chi connectivity index (χ0) is 25.3. The van der Waals surface area contributed by atoms with Crippen LogP contribution in [0.15, 0.2) is 30.6 Å². The molecule has 4 heterocycles. The van der Waals surface area contributed by atoms with Crippen LogP contribution in [0.1, 0.15) is 42.2 Å². The number of carbonyl (C=O) groups is 1. The van der Waals surface area contributed by atoms with Crippen LogP contribution in [-0.4, -0.2) is 76.3 Å². The lowest BCUT2D eigenvalue weighted by molar-refractivity contribution is -0.146. The van der Waals surface area contributed by atoms with E-state index in [9.17, 15) is 18.0 Å². The standard InChI is InChI=1S/C24H29F3N8O/c1-28-22(36)19-12-16-13-30-23(32-21(16)35(19)17-4-2-3-5-17)31-20-7-6-18(14-29-20)34-10-8-33(9-11-34)15-24(25,26)27/h6-7,12-14,17H,2-5,8-11,15H2,1H3,(H,28,36)(H,29,30,31,32). The Kier molecular flexibility index (Phi) is 6.69. The van der Waals surface area contributed by atoms with Gasteiger partial charge in [0.1, 0.15) is 17.2 Å². The van der Waals surface area contributed by atoms with Crippen LogP contribution in [0.4, 0.5) is 30.6 Å². The summed E-state index contributed by atoms with van der Waals surface area (Å²) in [5.74, 6) is 0.787. The molecule has 9 nitrogen and oxygen atoms in total. The van der Waals surface area contributed by atoms with Crippen molar-refractivity contribution in [1.82, 2.24) is 29.7 Å². The molecule has 5 rings (SSSR count). The molecule has 0 aromatic carbocycles. The molecular weight excluding hydrogens is 473 g/mol. The Balaban J connectivity index is 1.30. The summed E-state index contributed by atoms with van der Waals surface area (Å²) in [5.41, 5.74) is 2.16. The number of hydrogen-bond acceptors (Lipinski definition) is 7. The van der Waals surface area contributed by atoms with Gasteiger partial charge in [-0.25, -0.2) is 9.97 Å². The highest BCUT2D eigenvalue weighted by Crippen LogP contribution is 2.34. The van der Waals surface area contributed by atoms with Crippen LogP contribution in [0.2, 0.25) is 0 Å². The zero-order valence-corrected chi connectivity index (χ0v) is 20.1. The quantitative estimate of drug-likeness (QED) is 0.531. The van der Waals surface area contributed by atoms with E-state index in [1.165, 1.54) is 4.90 Å². The minimum absolute atomic E-state index is 0.147. The van der Waals surface area contributed by atoms with Crippen LogP contribution in [-0.2, 0) is 0 Å². The smallest absolute Gasteiger partial charge is 0.368 e. The number of aromatic nitrogens is 4. The molecule has 1 amide bonds. The van der Waals surface area contributed by atoms with Crippen LogP contribution in [0.3, 0.4) is 0 Å². The van der Waals surface area contributed by atoms with Crippen molar-refractivity contribution in [1.29, 1.82) is 0 Å². The van der Waals surface area contributed by atoms with Crippen molar-refractivity contribution in [2.45, 2.75) is 37.9 Å². The molecule has 2 fully saturated rings. The Morgan fingerprint density at radius 2 is 1.83 bits per heavy atom. The maximum atomic E-state index is 12.6. The fourth-order valence-electron chi connectivity index (χ4n) is 5.08. The summed E-state index contributed by atoms with van der Waals surface area (Å²) in [7, 11) is 1.62. The monoisotopic (exact) mass is 502 g/mol. The van der Waals surface area contributed by atoms with Crippen LogP contribution in [0.25, 0.3) is 11.0 Å². The van der Waals surface area contributed by atoms with Gasteiger partial charge in [0.05, 0.1) is 18.4 Å². The molecule has 0 bridgehead atoms. The number of halogens is 3.